The Bertz CT molecular complexity index is 698. The molecule has 0 heterocycles. The van der Waals surface area contributed by atoms with Crippen molar-refractivity contribution in [2.24, 2.45) is 0 Å². The van der Waals surface area contributed by atoms with Gasteiger partial charge in [0.2, 0.25) is 0 Å². The molecule has 0 aliphatic rings. The van der Waals surface area contributed by atoms with E-state index >= 15 is 0 Å². The summed E-state index contributed by atoms with van der Waals surface area (Å²) in [5, 5.41) is 12.3. The van der Waals surface area contributed by atoms with E-state index in [9.17, 15) is 23.1 Å². The molecule has 0 fully saturated rings. The average Bonchev–Trinajstić information content (AvgIpc) is 2.56. The molecule has 0 unspecified atom stereocenters. The minimum absolute atomic E-state index is 0.188. The summed E-state index contributed by atoms with van der Waals surface area (Å²) in [7, 11) is 1.48. The molecule has 1 atom stereocenters. The molecule has 2 rings (SSSR count). The van der Waals surface area contributed by atoms with Crippen LogP contribution in [-0.2, 0) is 0 Å². The van der Waals surface area contributed by atoms with E-state index in [0.717, 1.165) is 0 Å². The lowest BCUT2D eigenvalue weighted by atomic mass is 10.1. The first kappa shape index (κ1) is 16.8. The van der Waals surface area contributed by atoms with Crippen molar-refractivity contribution in [3.05, 3.63) is 65.0 Å². The van der Waals surface area contributed by atoms with Gasteiger partial charge >= 0.3 is 0 Å². The number of hydrogen-bond donors (Lipinski definition) is 2. The van der Waals surface area contributed by atoms with E-state index in [1.165, 1.54) is 7.11 Å². The first-order chi connectivity index (χ1) is 10.9. The van der Waals surface area contributed by atoms with Crippen LogP contribution in [0.5, 0.6) is 5.75 Å². The molecule has 0 bridgehead atoms. The van der Waals surface area contributed by atoms with Crippen molar-refractivity contribution >= 4 is 5.91 Å². The molecule has 1 amide bonds. The highest BCUT2D eigenvalue weighted by molar-refractivity contribution is 5.94. The molecule has 23 heavy (non-hydrogen) atoms. The van der Waals surface area contributed by atoms with Crippen molar-refractivity contribution in [2.75, 3.05) is 13.7 Å². The third kappa shape index (κ3) is 4.01. The topological polar surface area (TPSA) is 58.6 Å². The molecule has 0 radical (unpaired) electrons. The highest BCUT2D eigenvalue weighted by Gasteiger charge is 2.16. The maximum Gasteiger partial charge on any atom is 0.251 e. The van der Waals surface area contributed by atoms with Crippen LogP contribution in [-0.4, -0.2) is 24.7 Å². The van der Waals surface area contributed by atoms with E-state index in [2.05, 4.69) is 5.32 Å². The second-order valence-corrected chi connectivity index (χ2v) is 4.76. The summed E-state index contributed by atoms with van der Waals surface area (Å²) in [5.74, 6) is -4.84. The number of carbonyl (C=O) groups excluding carboxylic acids is 1. The number of carbonyl (C=O) groups is 1. The summed E-state index contributed by atoms with van der Waals surface area (Å²) < 4.78 is 44.0. The van der Waals surface area contributed by atoms with E-state index in [4.69, 9.17) is 4.74 Å². The number of halogens is 3. The average molecular weight is 325 g/mol. The highest BCUT2D eigenvalue weighted by atomic mass is 19.2. The van der Waals surface area contributed by atoms with Crippen molar-refractivity contribution in [1.29, 1.82) is 0 Å². The Morgan fingerprint density at radius 2 is 1.87 bits per heavy atom. The third-order valence-electron chi connectivity index (χ3n) is 3.18. The van der Waals surface area contributed by atoms with Gasteiger partial charge in [-0.25, -0.2) is 13.2 Å². The molecule has 0 aliphatic carbocycles. The second-order valence-electron chi connectivity index (χ2n) is 4.76. The molecule has 7 heteroatoms. The summed E-state index contributed by atoms with van der Waals surface area (Å²) in [6, 6.07) is 7.77. The molecule has 0 aliphatic heterocycles. The van der Waals surface area contributed by atoms with E-state index in [1.54, 1.807) is 24.3 Å². The maximum absolute atomic E-state index is 13.1. The van der Waals surface area contributed by atoms with Crippen molar-refractivity contribution < 1.29 is 27.8 Å². The van der Waals surface area contributed by atoms with E-state index in [0.29, 0.717) is 23.4 Å². The van der Waals surface area contributed by atoms with Crippen LogP contribution in [0, 0.1) is 17.5 Å². The molecule has 0 aromatic heterocycles. The van der Waals surface area contributed by atoms with Gasteiger partial charge in [0.25, 0.3) is 5.91 Å². The van der Waals surface area contributed by atoms with Crippen LogP contribution in [0.2, 0.25) is 0 Å². The molecule has 0 spiro atoms. The van der Waals surface area contributed by atoms with Crippen LogP contribution in [0.25, 0.3) is 0 Å². The number of hydrogen-bond acceptors (Lipinski definition) is 3. The van der Waals surface area contributed by atoms with E-state index in [-0.39, 0.29) is 12.1 Å². The highest BCUT2D eigenvalue weighted by Crippen LogP contribution is 2.19. The van der Waals surface area contributed by atoms with Crippen molar-refractivity contribution in [3.8, 4) is 5.75 Å². The number of amides is 1. The molecule has 122 valence electrons. The lowest BCUT2D eigenvalue weighted by molar-refractivity contribution is 0.0915. The summed E-state index contributed by atoms with van der Waals surface area (Å²) >= 11 is 0. The first-order valence-corrected chi connectivity index (χ1v) is 6.67. The Morgan fingerprint density at radius 1 is 1.22 bits per heavy atom. The third-order valence-corrected chi connectivity index (χ3v) is 3.18. The Morgan fingerprint density at radius 3 is 2.48 bits per heavy atom. The number of nitrogens with one attached hydrogen (secondary N) is 1. The zero-order valence-corrected chi connectivity index (χ0v) is 12.1. The van der Waals surface area contributed by atoms with Crippen molar-refractivity contribution in [2.45, 2.75) is 6.10 Å². The lowest BCUT2D eigenvalue weighted by Crippen LogP contribution is -2.28. The smallest absolute Gasteiger partial charge is 0.251 e. The molecule has 0 saturated carbocycles. The molecule has 2 aromatic carbocycles. The minimum Gasteiger partial charge on any atom is -0.497 e. The number of aliphatic hydroxyl groups excluding tert-OH is 1. The standard InChI is InChI=1S/C16H14F3NO3/c1-23-11-4-2-3-9(5-11)14(21)8-20-16(22)10-6-12(17)15(19)13(18)7-10/h2-7,14,21H,8H2,1H3,(H,20,22)/t14-/m0/s1. The number of ether oxygens (including phenoxy) is 1. The van der Waals surface area contributed by atoms with E-state index in [1.807, 2.05) is 0 Å². The molecule has 2 aromatic rings. The molecular formula is C16H14F3NO3. The number of methoxy groups -OCH3 is 1. The first-order valence-electron chi connectivity index (χ1n) is 6.67. The summed E-state index contributed by atoms with van der Waals surface area (Å²) in [6.45, 7) is -0.188. The molecule has 4 nitrogen and oxygen atoms in total. The fourth-order valence-electron chi connectivity index (χ4n) is 1.94. The maximum atomic E-state index is 13.1. The van der Waals surface area contributed by atoms with Gasteiger partial charge in [0.1, 0.15) is 5.75 Å². The zero-order valence-electron chi connectivity index (χ0n) is 12.1. The Balaban J connectivity index is 2.03. The van der Waals surface area contributed by atoms with Crippen molar-refractivity contribution in [1.82, 2.24) is 5.32 Å². The monoisotopic (exact) mass is 325 g/mol. The van der Waals surface area contributed by atoms with E-state index < -0.39 is 29.5 Å². The lowest BCUT2D eigenvalue weighted by Gasteiger charge is -2.13. The van der Waals surface area contributed by atoms with Crippen LogP contribution in [0.15, 0.2) is 36.4 Å². The Labute approximate surface area is 130 Å². The predicted octanol–water partition coefficient (Wildman–Crippen LogP) is 2.58. The van der Waals surface area contributed by atoms with Gasteiger partial charge in [0, 0.05) is 12.1 Å². The van der Waals surface area contributed by atoms with Crippen LogP contribution in [0.1, 0.15) is 22.0 Å². The molecular weight excluding hydrogens is 311 g/mol. The Hall–Kier alpha value is -2.54. The normalized spacial score (nSPS) is 11.9. The number of aliphatic hydroxyl groups is 1. The Kier molecular flexibility index (Phi) is 5.23. The zero-order chi connectivity index (χ0) is 17.0. The quantitative estimate of drug-likeness (QED) is 0.831. The SMILES string of the molecule is COc1cccc([C@@H](O)CNC(=O)c2cc(F)c(F)c(F)c2)c1. The van der Waals surface area contributed by atoms with Gasteiger partial charge in [-0.15, -0.1) is 0 Å². The second kappa shape index (κ2) is 7.15. The summed E-state index contributed by atoms with van der Waals surface area (Å²) in [5.41, 5.74) is 0.125. The summed E-state index contributed by atoms with van der Waals surface area (Å²) in [6.07, 6.45) is -1.04. The van der Waals surface area contributed by atoms with Gasteiger partial charge in [0.15, 0.2) is 17.5 Å². The predicted molar refractivity (Wildman–Crippen MR) is 76.6 cm³/mol. The fraction of sp³-hybridized carbons (Fsp3) is 0.188. The van der Waals surface area contributed by atoms with Gasteiger partial charge < -0.3 is 15.2 Å². The van der Waals surface area contributed by atoms with Crippen LogP contribution < -0.4 is 10.1 Å². The minimum atomic E-state index is -1.64. The van der Waals surface area contributed by atoms with Crippen LogP contribution in [0.3, 0.4) is 0 Å². The molecule has 0 saturated heterocycles. The van der Waals surface area contributed by atoms with Gasteiger partial charge in [-0.1, -0.05) is 12.1 Å². The number of benzene rings is 2. The van der Waals surface area contributed by atoms with Crippen LogP contribution >= 0.6 is 0 Å². The largest absolute Gasteiger partial charge is 0.497 e. The summed E-state index contributed by atoms with van der Waals surface area (Å²) in [4.78, 5) is 11.8. The molecule has 2 N–H and O–H groups in total. The van der Waals surface area contributed by atoms with Gasteiger partial charge in [-0.05, 0) is 29.8 Å². The van der Waals surface area contributed by atoms with Gasteiger partial charge in [-0.2, -0.15) is 0 Å². The number of rotatable bonds is 5. The van der Waals surface area contributed by atoms with Crippen molar-refractivity contribution in [3.63, 3.8) is 0 Å². The van der Waals surface area contributed by atoms with Gasteiger partial charge in [0.05, 0.1) is 13.2 Å². The fourth-order valence-corrected chi connectivity index (χ4v) is 1.94. The van der Waals surface area contributed by atoms with Gasteiger partial charge in [-0.3, -0.25) is 4.79 Å². The van der Waals surface area contributed by atoms with Crippen LogP contribution in [0.4, 0.5) is 13.2 Å².